The smallest absolute Gasteiger partial charge is 0.338 e. The fourth-order valence-electron chi connectivity index (χ4n) is 2.48. The second kappa shape index (κ2) is 9.80. The summed E-state index contributed by atoms with van der Waals surface area (Å²) in [5, 5.41) is 0. The molecule has 0 fully saturated rings. The van der Waals surface area contributed by atoms with Gasteiger partial charge in [-0.1, -0.05) is 48.5 Å². The maximum absolute atomic E-state index is 11.8. The van der Waals surface area contributed by atoms with Gasteiger partial charge >= 0.3 is 5.97 Å². The maximum atomic E-state index is 11.8. The first-order valence-electron chi connectivity index (χ1n) is 8.08. The summed E-state index contributed by atoms with van der Waals surface area (Å²) < 4.78 is 10.8. The largest absolute Gasteiger partial charge is 0.462 e. The first-order chi connectivity index (χ1) is 11.3. The van der Waals surface area contributed by atoms with Crippen LogP contribution >= 0.6 is 0 Å². The molecule has 2 rings (SSSR count). The summed E-state index contributed by atoms with van der Waals surface area (Å²) in [6.45, 7) is 0.454. The average Bonchev–Trinajstić information content (AvgIpc) is 2.62. The van der Waals surface area contributed by atoms with Crippen LogP contribution in [0, 0.1) is 0 Å². The van der Waals surface area contributed by atoms with E-state index < -0.39 is 0 Å². The molecule has 2 aromatic carbocycles. The van der Waals surface area contributed by atoms with Gasteiger partial charge in [-0.15, -0.1) is 0 Å². The standard InChI is InChI=1S/C20H24O3/c1-22-19(16-17-10-4-2-5-11-17)14-8-9-15-23-20(21)18-12-6-3-7-13-18/h2-7,10-13,19H,8-9,14-16H2,1H3. The van der Waals surface area contributed by atoms with E-state index in [1.807, 2.05) is 36.4 Å². The van der Waals surface area contributed by atoms with Gasteiger partial charge < -0.3 is 9.47 Å². The molecule has 0 aromatic heterocycles. The van der Waals surface area contributed by atoms with Crippen LogP contribution in [-0.4, -0.2) is 25.8 Å². The minimum absolute atomic E-state index is 0.210. The van der Waals surface area contributed by atoms with Gasteiger partial charge in [-0.2, -0.15) is 0 Å². The molecule has 0 saturated heterocycles. The zero-order valence-electron chi connectivity index (χ0n) is 13.6. The third kappa shape index (κ3) is 6.25. The van der Waals surface area contributed by atoms with Gasteiger partial charge in [-0.05, 0) is 43.4 Å². The molecule has 2 aromatic rings. The Morgan fingerprint density at radius 2 is 1.61 bits per heavy atom. The van der Waals surface area contributed by atoms with Crippen molar-refractivity contribution in [1.29, 1.82) is 0 Å². The molecule has 0 heterocycles. The van der Waals surface area contributed by atoms with Crippen LogP contribution in [0.4, 0.5) is 0 Å². The lowest BCUT2D eigenvalue weighted by Crippen LogP contribution is -2.14. The van der Waals surface area contributed by atoms with Crippen molar-refractivity contribution in [1.82, 2.24) is 0 Å². The average molecular weight is 312 g/mol. The zero-order chi connectivity index (χ0) is 16.3. The Labute approximate surface area is 138 Å². The molecule has 0 amide bonds. The van der Waals surface area contributed by atoms with Gasteiger partial charge in [0.25, 0.3) is 0 Å². The van der Waals surface area contributed by atoms with E-state index in [0.717, 1.165) is 25.7 Å². The predicted octanol–water partition coefficient (Wildman–Crippen LogP) is 4.27. The lowest BCUT2D eigenvalue weighted by molar-refractivity contribution is 0.0486. The van der Waals surface area contributed by atoms with E-state index in [0.29, 0.717) is 12.2 Å². The number of benzene rings is 2. The van der Waals surface area contributed by atoms with Crippen molar-refractivity contribution in [3.8, 4) is 0 Å². The van der Waals surface area contributed by atoms with E-state index in [4.69, 9.17) is 9.47 Å². The fourth-order valence-corrected chi connectivity index (χ4v) is 2.48. The second-order valence-electron chi connectivity index (χ2n) is 5.55. The van der Waals surface area contributed by atoms with E-state index in [2.05, 4.69) is 12.1 Å². The highest BCUT2D eigenvalue weighted by atomic mass is 16.5. The summed E-state index contributed by atoms with van der Waals surface area (Å²) in [7, 11) is 1.75. The van der Waals surface area contributed by atoms with Crippen LogP contribution < -0.4 is 0 Å². The highest BCUT2D eigenvalue weighted by Crippen LogP contribution is 2.12. The van der Waals surface area contributed by atoms with Crippen molar-refractivity contribution in [2.75, 3.05) is 13.7 Å². The van der Waals surface area contributed by atoms with Gasteiger partial charge in [0.2, 0.25) is 0 Å². The number of esters is 1. The Kier molecular flexibility index (Phi) is 7.34. The normalized spacial score (nSPS) is 11.9. The Balaban J connectivity index is 1.63. The molecule has 3 heteroatoms. The first-order valence-corrected chi connectivity index (χ1v) is 8.08. The molecule has 0 radical (unpaired) electrons. The molecule has 0 saturated carbocycles. The van der Waals surface area contributed by atoms with Gasteiger partial charge in [0.1, 0.15) is 0 Å². The Morgan fingerprint density at radius 3 is 2.26 bits per heavy atom. The molecule has 0 spiro atoms. The number of carbonyl (C=O) groups excluding carboxylic acids is 1. The van der Waals surface area contributed by atoms with Gasteiger partial charge in [0, 0.05) is 7.11 Å². The second-order valence-corrected chi connectivity index (χ2v) is 5.55. The molecule has 23 heavy (non-hydrogen) atoms. The van der Waals surface area contributed by atoms with E-state index >= 15 is 0 Å². The van der Waals surface area contributed by atoms with E-state index in [1.54, 1.807) is 19.2 Å². The lowest BCUT2D eigenvalue weighted by Gasteiger charge is -2.15. The van der Waals surface area contributed by atoms with Gasteiger partial charge in [-0.3, -0.25) is 0 Å². The van der Waals surface area contributed by atoms with E-state index in [-0.39, 0.29) is 12.1 Å². The monoisotopic (exact) mass is 312 g/mol. The molecule has 1 unspecified atom stereocenters. The van der Waals surface area contributed by atoms with Crippen molar-refractivity contribution in [3.63, 3.8) is 0 Å². The summed E-state index contributed by atoms with van der Waals surface area (Å²) in [5.41, 5.74) is 1.89. The third-order valence-corrected chi connectivity index (χ3v) is 3.80. The maximum Gasteiger partial charge on any atom is 0.338 e. The summed E-state index contributed by atoms with van der Waals surface area (Å²) in [5.74, 6) is -0.252. The van der Waals surface area contributed by atoms with Crippen molar-refractivity contribution in [2.24, 2.45) is 0 Å². The van der Waals surface area contributed by atoms with Crippen LogP contribution in [0.2, 0.25) is 0 Å². The SMILES string of the molecule is COC(CCCCOC(=O)c1ccccc1)Cc1ccccc1. The molecule has 0 aliphatic heterocycles. The number of hydrogen-bond acceptors (Lipinski definition) is 3. The number of methoxy groups -OCH3 is 1. The molecule has 0 bridgehead atoms. The van der Waals surface area contributed by atoms with Gasteiger partial charge in [0.05, 0.1) is 18.3 Å². The van der Waals surface area contributed by atoms with E-state index in [9.17, 15) is 4.79 Å². The predicted molar refractivity (Wildman–Crippen MR) is 91.5 cm³/mol. The molecule has 0 aliphatic carbocycles. The number of carbonyl (C=O) groups is 1. The number of hydrogen-bond donors (Lipinski definition) is 0. The van der Waals surface area contributed by atoms with Gasteiger partial charge in [0.15, 0.2) is 0 Å². The van der Waals surface area contributed by atoms with Gasteiger partial charge in [-0.25, -0.2) is 4.79 Å². The van der Waals surface area contributed by atoms with Crippen molar-refractivity contribution in [2.45, 2.75) is 31.8 Å². The molecule has 3 nitrogen and oxygen atoms in total. The van der Waals surface area contributed by atoms with Crippen LogP contribution in [0.25, 0.3) is 0 Å². The number of ether oxygens (including phenoxy) is 2. The molecular weight excluding hydrogens is 288 g/mol. The molecule has 1 atom stereocenters. The topological polar surface area (TPSA) is 35.5 Å². The van der Waals surface area contributed by atoms with E-state index in [1.165, 1.54) is 5.56 Å². The number of rotatable bonds is 9. The third-order valence-electron chi connectivity index (χ3n) is 3.80. The lowest BCUT2D eigenvalue weighted by atomic mass is 10.0. The zero-order valence-corrected chi connectivity index (χ0v) is 13.6. The molecule has 0 aliphatic rings. The summed E-state index contributed by atoms with van der Waals surface area (Å²) in [6, 6.07) is 19.4. The fraction of sp³-hybridized carbons (Fsp3) is 0.350. The Hall–Kier alpha value is -2.13. The highest BCUT2D eigenvalue weighted by molar-refractivity contribution is 5.89. The number of unbranched alkanes of at least 4 members (excludes halogenated alkanes) is 1. The minimum Gasteiger partial charge on any atom is -0.462 e. The van der Waals surface area contributed by atoms with Crippen LogP contribution in [0.15, 0.2) is 60.7 Å². The van der Waals surface area contributed by atoms with Crippen molar-refractivity contribution in [3.05, 3.63) is 71.8 Å². The Bertz CT molecular complexity index is 566. The summed E-state index contributed by atoms with van der Waals surface area (Å²) in [6.07, 6.45) is 3.93. The van der Waals surface area contributed by atoms with Crippen LogP contribution in [0.1, 0.15) is 35.2 Å². The summed E-state index contributed by atoms with van der Waals surface area (Å²) >= 11 is 0. The Morgan fingerprint density at radius 1 is 0.957 bits per heavy atom. The first kappa shape index (κ1) is 17.2. The van der Waals surface area contributed by atoms with Crippen molar-refractivity contribution < 1.29 is 14.3 Å². The minimum atomic E-state index is -0.252. The van der Waals surface area contributed by atoms with Crippen LogP contribution in [-0.2, 0) is 15.9 Å². The molecule has 0 N–H and O–H groups in total. The molecular formula is C20H24O3. The molecule has 122 valence electrons. The van der Waals surface area contributed by atoms with Crippen LogP contribution in [0.3, 0.4) is 0 Å². The summed E-state index contributed by atoms with van der Waals surface area (Å²) in [4.78, 5) is 11.8. The van der Waals surface area contributed by atoms with Crippen molar-refractivity contribution >= 4 is 5.97 Å². The highest BCUT2D eigenvalue weighted by Gasteiger charge is 2.09. The quantitative estimate of drug-likeness (QED) is 0.512. The van der Waals surface area contributed by atoms with Crippen LogP contribution in [0.5, 0.6) is 0 Å².